The molecule has 5 heteroatoms. The summed E-state index contributed by atoms with van der Waals surface area (Å²) in [6, 6.07) is 6.29. The number of nitrogens with zero attached hydrogens (tertiary/aromatic N) is 3. The molecule has 1 heterocycles. The molecule has 0 radical (unpaired) electrons. The Kier molecular flexibility index (Phi) is 3.95. The van der Waals surface area contributed by atoms with Crippen molar-refractivity contribution < 1.29 is 4.42 Å². The van der Waals surface area contributed by atoms with Crippen LogP contribution in [0.2, 0.25) is 0 Å². The van der Waals surface area contributed by atoms with Gasteiger partial charge in [0.25, 0.3) is 4.84 Å². The first-order chi connectivity index (χ1) is 10.0. The van der Waals surface area contributed by atoms with Crippen LogP contribution in [0, 0.1) is 24.6 Å². The predicted molar refractivity (Wildman–Crippen MR) is 85.6 cm³/mol. The van der Waals surface area contributed by atoms with Gasteiger partial charge in [0, 0.05) is 12.1 Å². The fraction of sp³-hybridized carbons (Fsp3) is 0.500. The number of hydrogen-bond donors (Lipinski definition) is 0. The third-order valence-corrected chi connectivity index (χ3v) is 4.01. The van der Waals surface area contributed by atoms with Crippen molar-refractivity contribution in [2.24, 2.45) is 5.92 Å². The van der Waals surface area contributed by atoms with Gasteiger partial charge in [-0.25, -0.2) is 4.68 Å². The summed E-state index contributed by atoms with van der Waals surface area (Å²) in [4.78, 5) is 2.69. The molecule has 1 aromatic heterocycles. The average Bonchev–Trinajstić information content (AvgIpc) is 3.12. The molecular formula is C16H21N3OS. The van der Waals surface area contributed by atoms with E-state index in [0.29, 0.717) is 17.4 Å². The van der Waals surface area contributed by atoms with Crippen LogP contribution in [0.15, 0.2) is 22.6 Å². The molecular weight excluding hydrogens is 282 g/mol. The Hall–Kier alpha value is -1.46. The summed E-state index contributed by atoms with van der Waals surface area (Å²) in [6.07, 6.45) is 2.70. The van der Waals surface area contributed by atoms with Crippen molar-refractivity contribution in [3.63, 3.8) is 0 Å². The zero-order valence-corrected chi connectivity index (χ0v) is 13.6. The molecule has 1 aliphatic rings. The lowest BCUT2D eigenvalue weighted by molar-refractivity contribution is 0.239. The van der Waals surface area contributed by atoms with Crippen molar-refractivity contribution in [1.29, 1.82) is 0 Å². The molecule has 1 aromatic carbocycles. The summed E-state index contributed by atoms with van der Waals surface area (Å²) >= 11 is 5.29. The maximum absolute atomic E-state index is 5.67. The molecule has 112 valence electrons. The first kappa shape index (κ1) is 14.5. The molecule has 3 rings (SSSR count). The number of aromatic nitrogens is 2. The minimum Gasteiger partial charge on any atom is -0.409 e. The van der Waals surface area contributed by atoms with Crippen LogP contribution in [-0.4, -0.2) is 28.3 Å². The molecule has 21 heavy (non-hydrogen) atoms. The van der Waals surface area contributed by atoms with Crippen molar-refractivity contribution in [3.8, 4) is 11.5 Å². The van der Waals surface area contributed by atoms with Crippen LogP contribution in [0.25, 0.3) is 11.5 Å². The molecule has 1 fully saturated rings. The maximum atomic E-state index is 5.67. The standard InChI is InChI=1S/C16H21N3OS/c1-11-6-12(2)8-14(7-11)15-17-19(16(21)20-15)10-18(3)9-13-4-5-13/h6-8,13H,4-5,9-10H2,1-3H3. The zero-order chi connectivity index (χ0) is 15.0. The zero-order valence-electron chi connectivity index (χ0n) is 12.8. The monoisotopic (exact) mass is 303 g/mol. The fourth-order valence-corrected chi connectivity index (χ4v) is 2.82. The summed E-state index contributed by atoms with van der Waals surface area (Å²) in [5, 5.41) is 4.53. The van der Waals surface area contributed by atoms with E-state index in [0.717, 1.165) is 18.0 Å². The van der Waals surface area contributed by atoms with Gasteiger partial charge in [-0.1, -0.05) is 17.2 Å². The molecule has 0 spiro atoms. The molecule has 1 saturated carbocycles. The number of hydrogen-bond acceptors (Lipinski definition) is 4. The van der Waals surface area contributed by atoms with Gasteiger partial charge in [0.15, 0.2) is 0 Å². The Bertz CT molecular complexity index is 680. The number of benzene rings is 1. The number of aryl methyl sites for hydroxylation is 2. The van der Waals surface area contributed by atoms with Gasteiger partial charge in [-0.2, -0.15) is 0 Å². The predicted octanol–water partition coefficient (Wildman–Crippen LogP) is 3.79. The normalized spacial score (nSPS) is 14.9. The minimum absolute atomic E-state index is 0.437. The molecule has 2 aromatic rings. The molecule has 0 aliphatic heterocycles. The molecule has 0 amide bonds. The summed E-state index contributed by atoms with van der Waals surface area (Å²) in [7, 11) is 2.10. The summed E-state index contributed by atoms with van der Waals surface area (Å²) in [5.74, 6) is 1.46. The lowest BCUT2D eigenvalue weighted by Gasteiger charge is -2.14. The van der Waals surface area contributed by atoms with Crippen molar-refractivity contribution in [1.82, 2.24) is 14.7 Å². The van der Waals surface area contributed by atoms with Gasteiger partial charge < -0.3 is 4.42 Å². The summed E-state index contributed by atoms with van der Waals surface area (Å²) < 4.78 is 7.44. The van der Waals surface area contributed by atoms with Crippen LogP contribution in [0.5, 0.6) is 0 Å². The second kappa shape index (κ2) is 5.73. The quantitative estimate of drug-likeness (QED) is 0.787. The molecule has 0 unspecified atom stereocenters. The highest BCUT2D eigenvalue weighted by Gasteiger charge is 2.23. The maximum Gasteiger partial charge on any atom is 0.288 e. The second-order valence-corrected chi connectivity index (χ2v) is 6.52. The Morgan fingerprint density at radius 1 is 1.29 bits per heavy atom. The van der Waals surface area contributed by atoms with Gasteiger partial charge in [-0.15, -0.1) is 5.10 Å². The Balaban J connectivity index is 1.81. The lowest BCUT2D eigenvalue weighted by Crippen LogP contribution is -2.24. The van der Waals surface area contributed by atoms with Crippen LogP contribution in [0.4, 0.5) is 0 Å². The van der Waals surface area contributed by atoms with Gasteiger partial charge in [-0.05, 0) is 64.0 Å². The highest BCUT2D eigenvalue weighted by molar-refractivity contribution is 7.71. The molecule has 0 saturated heterocycles. The van der Waals surface area contributed by atoms with Gasteiger partial charge in [0.2, 0.25) is 5.89 Å². The molecule has 4 nitrogen and oxygen atoms in total. The molecule has 0 atom stereocenters. The van der Waals surface area contributed by atoms with Crippen LogP contribution in [0.1, 0.15) is 24.0 Å². The highest BCUT2D eigenvalue weighted by Crippen LogP contribution is 2.29. The number of rotatable bonds is 5. The first-order valence-electron chi connectivity index (χ1n) is 7.36. The van der Waals surface area contributed by atoms with Crippen molar-refractivity contribution >= 4 is 12.2 Å². The van der Waals surface area contributed by atoms with Crippen molar-refractivity contribution in [2.75, 3.05) is 13.6 Å². The van der Waals surface area contributed by atoms with Gasteiger partial charge in [0.1, 0.15) is 0 Å². The summed E-state index contributed by atoms with van der Waals surface area (Å²) in [6.45, 7) is 5.94. The largest absolute Gasteiger partial charge is 0.409 e. The topological polar surface area (TPSA) is 34.2 Å². The Morgan fingerprint density at radius 3 is 2.57 bits per heavy atom. The molecule has 1 aliphatic carbocycles. The van der Waals surface area contributed by atoms with E-state index in [1.165, 1.54) is 24.0 Å². The van der Waals surface area contributed by atoms with Crippen LogP contribution < -0.4 is 0 Å². The van der Waals surface area contributed by atoms with Crippen LogP contribution >= 0.6 is 12.2 Å². The van der Waals surface area contributed by atoms with E-state index in [-0.39, 0.29) is 0 Å². The third kappa shape index (κ3) is 3.60. The fourth-order valence-electron chi connectivity index (χ4n) is 2.64. The molecule has 0 bridgehead atoms. The van der Waals surface area contributed by atoms with Crippen molar-refractivity contribution in [2.45, 2.75) is 33.4 Å². The first-order valence-corrected chi connectivity index (χ1v) is 7.77. The van der Waals surface area contributed by atoms with E-state index < -0.39 is 0 Å². The Morgan fingerprint density at radius 2 is 1.95 bits per heavy atom. The SMILES string of the molecule is Cc1cc(C)cc(-c2nn(CN(C)CC3CC3)c(=S)o2)c1. The second-order valence-electron chi connectivity index (χ2n) is 6.17. The molecule has 0 N–H and O–H groups in total. The highest BCUT2D eigenvalue weighted by atomic mass is 32.1. The van der Waals surface area contributed by atoms with Gasteiger partial charge in [-0.3, -0.25) is 4.90 Å². The van der Waals surface area contributed by atoms with Crippen LogP contribution in [-0.2, 0) is 6.67 Å². The minimum atomic E-state index is 0.437. The summed E-state index contributed by atoms with van der Waals surface area (Å²) in [5.41, 5.74) is 3.39. The van der Waals surface area contributed by atoms with Crippen LogP contribution in [0.3, 0.4) is 0 Å². The van der Waals surface area contributed by atoms with E-state index in [2.05, 4.69) is 49.1 Å². The third-order valence-electron chi connectivity index (χ3n) is 3.72. The van der Waals surface area contributed by atoms with E-state index in [9.17, 15) is 0 Å². The smallest absolute Gasteiger partial charge is 0.288 e. The van der Waals surface area contributed by atoms with Gasteiger partial charge >= 0.3 is 0 Å². The van der Waals surface area contributed by atoms with Gasteiger partial charge in [0.05, 0.1) is 6.67 Å². The van der Waals surface area contributed by atoms with E-state index in [1.807, 2.05) is 0 Å². The van der Waals surface area contributed by atoms with E-state index >= 15 is 0 Å². The van der Waals surface area contributed by atoms with E-state index in [4.69, 9.17) is 16.6 Å². The Labute approximate surface area is 130 Å². The van der Waals surface area contributed by atoms with Crippen molar-refractivity contribution in [3.05, 3.63) is 34.2 Å². The lowest BCUT2D eigenvalue weighted by atomic mass is 10.1. The van der Waals surface area contributed by atoms with E-state index in [1.54, 1.807) is 4.68 Å². The average molecular weight is 303 g/mol.